The van der Waals surface area contributed by atoms with Gasteiger partial charge in [-0.2, -0.15) is 0 Å². The SMILES string of the molecule is c1ccc(-c2nc(-c3ccc(-c4cccc5c4sc4ccccc45)cc3)nc(-c3cccc4sc5cc(-c6nc7ccccc7n6-c6ccccc6)ccc5c34)n2)cc1. The minimum atomic E-state index is 0.638. The third kappa shape index (κ3) is 5.66. The van der Waals surface area contributed by atoms with Crippen LogP contribution in [0, 0.1) is 0 Å². The first-order valence-corrected chi connectivity index (χ1v) is 21.2. The number of fused-ring (bicyclic) bond motifs is 7. The quantitative estimate of drug-likeness (QED) is 0.168. The van der Waals surface area contributed by atoms with Crippen molar-refractivity contribution in [3.05, 3.63) is 188 Å². The van der Waals surface area contributed by atoms with E-state index in [-0.39, 0.29) is 0 Å². The van der Waals surface area contributed by atoms with Gasteiger partial charge in [0.15, 0.2) is 17.5 Å². The summed E-state index contributed by atoms with van der Waals surface area (Å²) in [6, 6.07) is 66.0. The maximum absolute atomic E-state index is 5.22. The van der Waals surface area contributed by atoms with Crippen LogP contribution in [0.2, 0.25) is 0 Å². The summed E-state index contributed by atoms with van der Waals surface area (Å²) < 4.78 is 7.21. The van der Waals surface area contributed by atoms with Crippen LogP contribution in [-0.2, 0) is 0 Å². The summed E-state index contributed by atoms with van der Waals surface area (Å²) in [5.41, 5.74) is 9.44. The van der Waals surface area contributed by atoms with Gasteiger partial charge < -0.3 is 0 Å². The van der Waals surface area contributed by atoms with Crippen molar-refractivity contribution < 1.29 is 0 Å². The van der Waals surface area contributed by atoms with E-state index in [1.165, 1.54) is 35.1 Å². The molecule has 0 unspecified atom stereocenters. The number of imidazole rings is 1. The molecule has 4 heterocycles. The van der Waals surface area contributed by atoms with Gasteiger partial charge in [-0.25, -0.2) is 19.9 Å². The molecule has 12 aromatic rings. The number of hydrogen-bond acceptors (Lipinski definition) is 6. The van der Waals surface area contributed by atoms with Gasteiger partial charge in [-0.05, 0) is 53.6 Å². The second-order valence-corrected chi connectivity index (χ2v) is 16.8. The van der Waals surface area contributed by atoms with Crippen molar-refractivity contribution in [1.82, 2.24) is 24.5 Å². The maximum Gasteiger partial charge on any atom is 0.164 e. The number of nitrogens with zero attached hydrogens (tertiary/aromatic N) is 5. The molecule has 276 valence electrons. The summed E-state index contributed by atoms with van der Waals surface area (Å²) in [6.45, 7) is 0. The van der Waals surface area contributed by atoms with E-state index in [0.717, 1.165) is 61.1 Å². The fourth-order valence-corrected chi connectivity index (χ4v) is 10.7. The normalized spacial score (nSPS) is 11.7. The molecule has 0 aliphatic carbocycles. The first kappa shape index (κ1) is 33.8. The van der Waals surface area contributed by atoms with Gasteiger partial charge in [-0.15, -0.1) is 22.7 Å². The van der Waals surface area contributed by atoms with Crippen molar-refractivity contribution in [2.45, 2.75) is 0 Å². The standard InChI is InChI=1S/C52H31N5S2/c1-3-13-33(14-4-1)49-54-50(34-27-25-32(26-28-34)37-18-11-19-39-38-17-7-10-23-44(38)59-48(37)39)56-51(55-49)41-20-12-24-45-47(41)40-30-29-35(31-46(40)58-45)52-53-42-21-8-9-22-43(42)57(52)36-15-5-2-6-16-36/h1-31H. The molecule has 0 N–H and O–H groups in total. The highest BCUT2D eigenvalue weighted by Gasteiger charge is 2.20. The number of benzene rings is 8. The molecule has 0 bridgehead atoms. The number of aromatic nitrogens is 5. The molecule has 0 atom stereocenters. The molecule has 12 rings (SSSR count). The average Bonchev–Trinajstić information content (AvgIpc) is 4.01. The van der Waals surface area contributed by atoms with Crippen molar-refractivity contribution in [2.75, 3.05) is 0 Å². The Hall–Kier alpha value is -7.32. The maximum atomic E-state index is 5.22. The summed E-state index contributed by atoms with van der Waals surface area (Å²) in [5.74, 6) is 2.84. The van der Waals surface area contributed by atoms with E-state index in [1.807, 2.05) is 41.7 Å². The number of para-hydroxylation sites is 3. The minimum Gasteiger partial charge on any atom is -0.292 e. The zero-order chi connectivity index (χ0) is 38.9. The Labute approximate surface area is 347 Å². The predicted molar refractivity (Wildman–Crippen MR) is 247 cm³/mol. The number of rotatable bonds is 6. The summed E-state index contributed by atoms with van der Waals surface area (Å²) in [5, 5.41) is 4.89. The van der Waals surface area contributed by atoms with Crippen molar-refractivity contribution in [3.63, 3.8) is 0 Å². The highest BCUT2D eigenvalue weighted by molar-refractivity contribution is 7.26. The number of thiophene rings is 2. The Bertz CT molecular complexity index is 3550. The Kier molecular flexibility index (Phi) is 7.82. The summed E-state index contributed by atoms with van der Waals surface area (Å²) in [7, 11) is 0. The molecule has 0 amide bonds. The third-order valence-corrected chi connectivity index (χ3v) is 13.4. The molecular formula is C52H31N5S2. The van der Waals surface area contributed by atoms with E-state index in [0.29, 0.717) is 17.5 Å². The van der Waals surface area contributed by atoms with Gasteiger partial charge in [0.05, 0.1) is 11.0 Å². The fraction of sp³-hybridized carbons (Fsp3) is 0. The lowest BCUT2D eigenvalue weighted by atomic mass is 10.0. The molecule has 4 aromatic heterocycles. The van der Waals surface area contributed by atoms with E-state index in [2.05, 4.69) is 162 Å². The van der Waals surface area contributed by atoms with E-state index < -0.39 is 0 Å². The molecule has 0 saturated carbocycles. The molecule has 0 aliphatic rings. The van der Waals surface area contributed by atoms with Crippen LogP contribution < -0.4 is 0 Å². The van der Waals surface area contributed by atoms with Crippen LogP contribution in [0.1, 0.15) is 0 Å². The van der Waals surface area contributed by atoms with Gasteiger partial charge in [0, 0.05) is 68.3 Å². The molecule has 59 heavy (non-hydrogen) atoms. The van der Waals surface area contributed by atoms with E-state index in [4.69, 9.17) is 19.9 Å². The van der Waals surface area contributed by atoms with Crippen molar-refractivity contribution >= 4 is 74.1 Å². The van der Waals surface area contributed by atoms with Crippen LogP contribution in [-0.4, -0.2) is 24.5 Å². The first-order valence-electron chi connectivity index (χ1n) is 19.5. The Morgan fingerprint density at radius 1 is 0.373 bits per heavy atom. The topological polar surface area (TPSA) is 56.5 Å². The molecule has 7 heteroatoms. The zero-order valence-electron chi connectivity index (χ0n) is 31.5. The monoisotopic (exact) mass is 789 g/mol. The largest absolute Gasteiger partial charge is 0.292 e. The second-order valence-electron chi connectivity index (χ2n) is 14.6. The minimum absolute atomic E-state index is 0.638. The zero-order valence-corrected chi connectivity index (χ0v) is 33.1. The van der Waals surface area contributed by atoms with Crippen LogP contribution in [0.3, 0.4) is 0 Å². The molecule has 0 aliphatic heterocycles. The van der Waals surface area contributed by atoms with Gasteiger partial charge in [-0.3, -0.25) is 4.57 Å². The Balaban J connectivity index is 0.985. The predicted octanol–water partition coefficient (Wildman–Crippen LogP) is 14.3. The highest BCUT2D eigenvalue weighted by atomic mass is 32.1. The van der Waals surface area contributed by atoms with Gasteiger partial charge in [-0.1, -0.05) is 146 Å². The summed E-state index contributed by atoms with van der Waals surface area (Å²) in [4.78, 5) is 20.6. The summed E-state index contributed by atoms with van der Waals surface area (Å²) >= 11 is 3.63. The lowest BCUT2D eigenvalue weighted by molar-refractivity contribution is 1.08. The molecule has 0 saturated heterocycles. The van der Waals surface area contributed by atoms with Crippen LogP contribution in [0.15, 0.2) is 188 Å². The van der Waals surface area contributed by atoms with Crippen LogP contribution >= 0.6 is 22.7 Å². The smallest absolute Gasteiger partial charge is 0.164 e. The van der Waals surface area contributed by atoms with Gasteiger partial charge in [0.1, 0.15) is 5.82 Å². The second kappa shape index (κ2) is 13.7. The molecule has 5 nitrogen and oxygen atoms in total. The lowest BCUT2D eigenvalue weighted by Gasteiger charge is -2.11. The Morgan fingerprint density at radius 3 is 1.85 bits per heavy atom. The first-order chi connectivity index (χ1) is 29.2. The highest BCUT2D eigenvalue weighted by Crippen LogP contribution is 2.43. The van der Waals surface area contributed by atoms with E-state index >= 15 is 0 Å². The van der Waals surface area contributed by atoms with Gasteiger partial charge >= 0.3 is 0 Å². The number of hydrogen-bond donors (Lipinski definition) is 0. The molecule has 0 spiro atoms. The molecule has 0 fully saturated rings. The van der Waals surface area contributed by atoms with Crippen molar-refractivity contribution in [2.24, 2.45) is 0 Å². The van der Waals surface area contributed by atoms with Crippen LogP contribution in [0.5, 0.6) is 0 Å². The van der Waals surface area contributed by atoms with Crippen LogP contribution in [0.25, 0.3) is 114 Å². The average molecular weight is 790 g/mol. The van der Waals surface area contributed by atoms with Crippen molar-refractivity contribution in [1.29, 1.82) is 0 Å². The van der Waals surface area contributed by atoms with Crippen molar-refractivity contribution in [3.8, 4) is 62.4 Å². The molecule has 0 radical (unpaired) electrons. The Morgan fingerprint density at radius 2 is 1.00 bits per heavy atom. The van der Waals surface area contributed by atoms with E-state index in [1.54, 1.807) is 11.3 Å². The van der Waals surface area contributed by atoms with Gasteiger partial charge in [0.25, 0.3) is 0 Å². The third-order valence-electron chi connectivity index (χ3n) is 11.1. The molecular weight excluding hydrogens is 759 g/mol. The van der Waals surface area contributed by atoms with Gasteiger partial charge in [0.2, 0.25) is 0 Å². The lowest BCUT2D eigenvalue weighted by Crippen LogP contribution is -2.00. The molecule has 8 aromatic carbocycles. The van der Waals surface area contributed by atoms with E-state index in [9.17, 15) is 0 Å². The fourth-order valence-electron chi connectivity index (χ4n) is 8.32. The summed E-state index contributed by atoms with van der Waals surface area (Å²) in [6.07, 6.45) is 0. The van der Waals surface area contributed by atoms with Crippen LogP contribution in [0.4, 0.5) is 0 Å².